The van der Waals surface area contributed by atoms with Crippen LogP contribution in [0, 0.1) is 0 Å². The molecule has 0 saturated heterocycles. The van der Waals surface area contributed by atoms with Crippen LogP contribution < -0.4 is 5.46 Å². The second-order valence-electron chi connectivity index (χ2n) is 6.11. The Kier molecular flexibility index (Phi) is 5.44. The zero-order valence-corrected chi connectivity index (χ0v) is 13.1. The molecular weight excluding hydrogens is 289 g/mol. The minimum absolute atomic E-state index is 0.223. The van der Waals surface area contributed by atoms with Crippen molar-refractivity contribution in [1.29, 1.82) is 0 Å². The largest absolute Gasteiger partial charge is 0.490 e. The van der Waals surface area contributed by atoms with E-state index in [-0.39, 0.29) is 6.10 Å². The van der Waals surface area contributed by atoms with Gasteiger partial charge in [0.05, 0.1) is 18.4 Å². The lowest BCUT2D eigenvalue weighted by molar-refractivity contribution is 0.0121. The first kappa shape index (κ1) is 16.2. The molecule has 0 amide bonds. The molecule has 1 aliphatic carbocycles. The maximum Gasteiger partial charge on any atom is 0.490 e. The van der Waals surface area contributed by atoms with Gasteiger partial charge in [-0.15, -0.1) is 0 Å². The third-order valence-corrected chi connectivity index (χ3v) is 4.60. The second kappa shape index (κ2) is 7.73. The van der Waals surface area contributed by atoms with Gasteiger partial charge in [-0.1, -0.05) is 36.4 Å². The van der Waals surface area contributed by atoms with Gasteiger partial charge in [-0.05, 0) is 43.2 Å². The Hall–Kier alpha value is -1.69. The summed E-state index contributed by atoms with van der Waals surface area (Å²) in [6.07, 6.45) is 6.20. The first-order valence-electron chi connectivity index (χ1n) is 8.20. The van der Waals surface area contributed by atoms with E-state index in [1.54, 1.807) is 18.3 Å². The van der Waals surface area contributed by atoms with Crippen LogP contribution in [0.1, 0.15) is 42.9 Å². The molecule has 5 heteroatoms. The van der Waals surface area contributed by atoms with Gasteiger partial charge in [-0.2, -0.15) is 0 Å². The predicted octanol–water partition coefficient (Wildman–Crippen LogP) is 2.00. The zero-order chi connectivity index (χ0) is 16.1. The van der Waals surface area contributed by atoms with Crippen molar-refractivity contribution in [1.82, 2.24) is 4.98 Å². The van der Waals surface area contributed by atoms with Crippen LogP contribution in [0.4, 0.5) is 0 Å². The van der Waals surface area contributed by atoms with Crippen LogP contribution in [0.3, 0.4) is 0 Å². The van der Waals surface area contributed by atoms with Crippen molar-refractivity contribution in [3.63, 3.8) is 0 Å². The molecule has 4 nitrogen and oxygen atoms in total. The zero-order valence-electron chi connectivity index (χ0n) is 13.1. The Morgan fingerprint density at radius 1 is 1.00 bits per heavy atom. The molecule has 0 atom stereocenters. The molecule has 1 aromatic carbocycles. The fourth-order valence-electron chi connectivity index (χ4n) is 3.29. The van der Waals surface area contributed by atoms with Crippen molar-refractivity contribution >= 4 is 12.6 Å². The fraction of sp³-hybridized carbons (Fsp3) is 0.389. The van der Waals surface area contributed by atoms with Crippen molar-refractivity contribution in [2.24, 2.45) is 0 Å². The monoisotopic (exact) mass is 311 g/mol. The first-order chi connectivity index (χ1) is 11.2. The summed E-state index contributed by atoms with van der Waals surface area (Å²) in [5.41, 5.74) is 2.44. The van der Waals surface area contributed by atoms with Gasteiger partial charge in [0.15, 0.2) is 0 Å². The van der Waals surface area contributed by atoms with Gasteiger partial charge in [-0.25, -0.2) is 0 Å². The number of aromatic nitrogens is 1. The Balaban J connectivity index is 1.52. The number of ether oxygens (including phenoxy) is 1. The van der Waals surface area contributed by atoms with Gasteiger partial charge in [0.25, 0.3) is 0 Å². The molecule has 2 N–H and O–H groups in total. The maximum atomic E-state index is 9.36. The van der Waals surface area contributed by atoms with Crippen LogP contribution in [0.15, 0.2) is 48.7 Å². The van der Waals surface area contributed by atoms with E-state index >= 15 is 0 Å². The van der Waals surface area contributed by atoms with Crippen molar-refractivity contribution in [3.05, 3.63) is 59.9 Å². The van der Waals surface area contributed by atoms with Crippen LogP contribution >= 0.6 is 0 Å². The number of benzene rings is 1. The molecule has 1 saturated carbocycles. The van der Waals surface area contributed by atoms with E-state index < -0.39 is 7.12 Å². The molecule has 3 rings (SSSR count). The molecule has 0 aliphatic heterocycles. The summed E-state index contributed by atoms with van der Waals surface area (Å²) in [6, 6.07) is 14.0. The lowest BCUT2D eigenvalue weighted by atomic mass is 9.79. The Morgan fingerprint density at radius 2 is 1.74 bits per heavy atom. The number of rotatable bonds is 5. The molecule has 2 aromatic rings. The van der Waals surface area contributed by atoms with E-state index in [2.05, 4.69) is 35.3 Å². The molecule has 1 heterocycles. The van der Waals surface area contributed by atoms with Crippen LogP contribution in [0.2, 0.25) is 0 Å². The van der Waals surface area contributed by atoms with E-state index in [0.29, 0.717) is 23.7 Å². The summed E-state index contributed by atoms with van der Waals surface area (Å²) in [5.74, 6) is 0.626. The fourth-order valence-corrected chi connectivity index (χ4v) is 3.29. The van der Waals surface area contributed by atoms with E-state index in [9.17, 15) is 10.0 Å². The van der Waals surface area contributed by atoms with Gasteiger partial charge >= 0.3 is 7.12 Å². The molecular formula is C18H22BNO3. The highest BCUT2D eigenvalue weighted by molar-refractivity contribution is 6.59. The minimum atomic E-state index is -1.50. The Labute approximate surface area is 137 Å². The van der Waals surface area contributed by atoms with E-state index in [1.165, 1.54) is 5.56 Å². The number of pyridine rings is 1. The lowest BCUT2D eigenvalue weighted by Crippen LogP contribution is -2.34. The normalized spacial score (nSPS) is 21.1. The minimum Gasteiger partial charge on any atom is -0.423 e. The smallest absolute Gasteiger partial charge is 0.423 e. The van der Waals surface area contributed by atoms with Gasteiger partial charge < -0.3 is 14.8 Å². The lowest BCUT2D eigenvalue weighted by Gasteiger charge is -2.29. The van der Waals surface area contributed by atoms with Crippen LogP contribution in [0.5, 0.6) is 0 Å². The number of hydrogen-bond acceptors (Lipinski definition) is 4. The van der Waals surface area contributed by atoms with Gasteiger partial charge in [0, 0.05) is 11.7 Å². The van der Waals surface area contributed by atoms with Crippen molar-refractivity contribution in [2.45, 2.75) is 44.3 Å². The highest BCUT2D eigenvalue weighted by Crippen LogP contribution is 2.34. The SMILES string of the molecule is OB(O)c1cccnc1CO[C@H]1CC[C@@H](c2ccccc2)CC1. The Morgan fingerprint density at radius 3 is 2.43 bits per heavy atom. The van der Waals surface area contributed by atoms with Crippen molar-refractivity contribution in [3.8, 4) is 0 Å². The highest BCUT2D eigenvalue weighted by atomic mass is 16.5. The Bertz CT molecular complexity index is 613. The van der Waals surface area contributed by atoms with Crippen LogP contribution in [-0.2, 0) is 11.3 Å². The van der Waals surface area contributed by atoms with Crippen molar-refractivity contribution < 1.29 is 14.8 Å². The number of nitrogens with zero attached hydrogens (tertiary/aromatic N) is 1. The van der Waals surface area contributed by atoms with Gasteiger partial charge in [-0.3, -0.25) is 4.98 Å². The van der Waals surface area contributed by atoms with E-state index in [0.717, 1.165) is 25.7 Å². The molecule has 23 heavy (non-hydrogen) atoms. The molecule has 0 bridgehead atoms. The van der Waals surface area contributed by atoms with Crippen LogP contribution in [0.25, 0.3) is 0 Å². The number of hydrogen-bond donors (Lipinski definition) is 2. The van der Waals surface area contributed by atoms with Crippen molar-refractivity contribution in [2.75, 3.05) is 0 Å². The van der Waals surface area contributed by atoms with E-state index in [1.807, 2.05) is 0 Å². The molecule has 0 unspecified atom stereocenters. The second-order valence-corrected chi connectivity index (χ2v) is 6.11. The van der Waals surface area contributed by atoms with Crippen LogP contribution in [-0.4, -0.2) is 28.3 Å². The van der Waals surface area contributed by atoms with Gasteiger partial charge in [0.1, 0.15) is 0 Å². The maximum absolute atomic E-state index is 9.36. The summed E-state index contributed by atoms with van der Waals surface area (Å²) in [4.78, 5) is 4.20. The van der Waals surface area contributed by atoms with E-state index in [4.69, 9.17) is 4.74 Å². The summed E-state index contributed by atoms with van der Waals surface area (Å²) in [7, 11) is -1.50. The third-order valence-electron chi connectivity index (χ3n) is 4.60. The summed E-state index contributed by atoms with van der Waals surface area (Å²) >= 11 is 0. The molecule has 0 radical (unpaired) electrons. The molecule has 1 aliphatic rings. The predicted molar refractivity (Wildman–Crippen MR) is 90.3 cm³/mol. The average Bonchev–Trinajstić information content (AvgIpc) is 2.61. The summed E-state index contributed by atoms with van der Waals surface area (Å²) in [5, 5.41) is 18.7. The molecule has 1 aromatic heterocycles. The molecule has 120 valence electrons. The van der Waals surface area contributed by atoms with Gasteiger partial charge in [0.2, 0.25) is 0 Å². The molecule has 1 fully saturated rings. The summed E-state index contributed by atoms with van der Waals surface area (Å²) < 4.78 is 5.96. The highest BCUT2D eigenvalue weighted by Gasteiger charge is 2.24. The first-order valence-corrected chi connectivity index (χ1v) is 8.20. The average molecular weight is 311 g/mol. The quantitative estimate of drug-likeness (QED) is 0.829. The standard InChI is InChI=1S/C18H22BNO3/c21-19(22)17-7-4-12-20-18(17)13-23-16-10-8-15(9-11-16)14-5-2-1-3-6-14/h1-7,12,15-16,21-22H,8-11,13H2/t15-,16+. The topological polar surface area (TPSA) is 62.6 Å². The third kappa shape index (κ3) is 4.19. The molecule has 0 spiro atoms. The summed E-state index contributed by atoms with van der Waals surface area (Å²) in [6.45, 7) is 0.328.